The largest absolute Gasteiger partial charge is 0.461 e. The Morgan fingerprint density at radius 2 is 1.81 bits per heavy atom. The number of esters is 1. The molecule has 0 N–H and O–H groups in total. The molecule has 1 aromatic carbocycles. The number of ether oxygens (including phenoxy) is 2. The molecule has 0 spiro atoms. The summed E-state index contributed by atoms with van der Waals surface area (Å²) < 4.78 is 18.5. The number of carbonyl (C=O) groups excluding carboxylic acids is 1. The second-order valence-corrected chi connectivity index (χ2v) is 16.9. The number of benzene rings is 1. The van der Waals surface area contributed by atoms with Crippen molar-refractivity contribution in [3.05, 3.63) is 35.9 Å². The second-order valence-electron chi connectivity index (χ2n) is 12.1. The van der Waals surface area contributed by atoms with Crippen LogP contribution < -0.4 is 0 Å². The molecule has 3 aliphatic carbocycles. The van der Waals surface area contributed by atoms with E-state index in [1.54, 1.807) is 0 Å². The Kier molecular flexibility index (Phi) is 5.72. The molecule has 0 amide bonds. The summed E-state index contributed by atoms with van der Waals surface area (Å²) in [6.45, 7) is 18.1. The SMILES string of the molecule is CC1(C)[C@H]2C(CO[Si](C)(C)C(C)(C)C)[C@H]3[C@@H]1OC(=O)C23CCCOCc1ccccc1. The van der Waals surface area contributed by atoms with Gasteiger partial charge in [0.05, 0.1) is 12.0 Å². The molecule has 5 rings (SSSR count). The summed E-state index contributed by atoms with van der Waals surface area (Å²) >= 11 is 0. The van der Waals surface area contributed by atoms with Crippen LogP contribution in [0, 0.1) is 28.6 Å². The Morgan fingerprint density at radius 3 is 2.42 bits per heavy atom. The quantitative estimate of drug-likeness (QED) is 0.273. The van der Waals surface area contributed by atoms with Gasteiger partial charge in [-0.2, -0.15) is 0 Å². The highest BCUT2D eigenvalue weighted by Crippen LogP contribution is 2.79. The number of rotatable bonds is 9. The second kappa shape index (κ2) is 7.70. The zero-order valence-corrected chi connectivity index (χ0v) is 21.4. The van der Waals surface area contributed by atoms with E-state index in [1.165, 1.54) is 5.56 Å². The minimum Gasteiger partial charge on any atom is -0.461 e. The van der Waals surface area contributed by atoms with Crippen molar-refractivity contribution in [3.8, 4) is 0 Å². The third-order valence-electron chi connectivity index (χ3n) is 8.95. The summed E-state index contributed by atoms with van der Waals surface area (Å²) in [6, 6.07) is 10.3. The van der Waals surface area contributed by atoms with Crippen molar-refractivity contribution in [3.63, 3.8) is 0 Å². The van der Waals surface area contributed by atoms with Gasteiger partial charge in [0.15, 0.2) is 8.32 Å². The van der Waals surface area contributed by atoms with Crippen molar-refractivity contribution in [1.82, 2.24) is 0 Å². The molecule has 3 saturated carbocycles. The molecule has 1 saturated heterocycles. The Bertz CT molecular complexity index is 812. The average Bonchev–Trinajstić information content (AvgIpc) is 3.12. The minimum atomic E-state index is -1.81. The molecule has 4 aliphatic rings. The van der Waals surface area contributed by atoms with Gasteiger partial charge in [0, 0.05) is 24.5 Å². The van der Waals surface area contributed by atoms with E-state index in [0.29, 0.717) is 31.0 Å². The fourth-order valence-electron chi connectivity index (χ4n) is 6.50. The third kappa shape index (κ3) is 3.51. The number of hydrogen-bond acceptors (Lipinski definition) is 4. The van der Waals surface area contributed by atoms with Gasteiger partial charge in [-0.1, -0.05) is 65.0 Å². The van der Waals surface area contributed by atoms with Gasteiger partial charge in [0.25, 0.3) is 0 Å². The predicted molar refractivity (Wildman–Crippen MR) is 125 cm³/mol. The number of carbonyl (C=O) groups is 1. The zero-order chi connectivity index (χ0) is 22.7. The molecule has 1 heterocycles. The zero-order valence-electron chi connectivity index (χ0n) is 20.4. The summed E-state index contributed by atoms with van der Waals surface area (Å²) in [5.74, 6) is 1.14. The lowest BCUT2D eigenvalue weighted by atomic mass is 9.48. The maximum Gasteiger partial charge on any atom is 0.313 e. The van der Waals surface area contributed by atoms with E-state index in [4.69, 9.17) is 13.9 Å². The fourth-order valence-corrected chi connectivity index (χ4v) is 7.54. The highest BCUT2D eigenvalue weighted by Gasteiger charge is 2.84. The van der Waals surface area contributed by atoms with Gasteiger partial charge in [0.2, 0.25) is 0 Å². The molecular weight excluding hydrogens is 404 g/mol. The smallest absolute Gasteiger partial charge is 0.313 e. The number of hydrogen-bond donors (Lipinski definition) is 0. The molecule has 1 aromatic rings. The van der Waals surface area contributed by atoms with Crippen LogP contribution in [-0.2, 0) is 25.3 Å². The molecule has 1 aliphatic heterocycles. The highest BCUT2D eigenvalue weighted by atomic mass is 28.4. The van der Waals surface area contributed by atoms with Gasteiger partial charge < -0.3 is 13.9 Å². The maximum atomic E-state index is 13.0. The van der Waals surface area contributed by atoms with Crippen LogP contribution in [0.2, 0.25) is 18.1 Å². The first-order valence-corrected chi connectivity index (χ1v) is 14.8. The molecule has 0 aromatic heterocycles. The molecule has 2 unspecified atom stereocenters. The lowest BCUT2D eigenvalue weighted by Crippen LogP contribution is -2.59. The Labute approximate surface area is 189 Å². The van der Waals surface area contributed by atoms with Crippen LogP contribution in [0.15, 0.2) is 30.3 Å². The molecule has 4 nitrogen and oxygen atoms in total. The van der Waals surface area contributed by atoms with E-state index in [2.05, 4.69) is 59.8 Å². The van der Waals surface area contributed by atoms with Crippen LogP contribution in [0.1, 0.15) is 53.0 Å². The molecule has 4 bridgehead atoms. The fraction of sp³-hybridized carbons (Fsp3) is 0.731. The molecule has 0 radical (unpaired) electrons. The molecular formula is C26H40O4Si. The van der Waals surface area contributed by atoms with E-state index < -0.39 is 8.32 Å². The van der Waals surface area contributed by atoms with Crippen molar-refractivity contribution in [2.24, 2.45) is 28.6 Å². The monoisotopic (exact) mass is 444 g/mol. The van der Waals surface area contributed by atoms with Gasteiger partial charge >= 0.3 is 5.97 Å². The molecule has 4 fully saturated rings. The first-order chi connectivity index (χ1) is 14.4. The summed E-state index contributed by atoms with van der Waals surface area (Å²) in [5.41, 5.74) is 0.908. The Balaban J connectivity index is 1.38. The first kappa shape index (κ1) is 23.0. The van der Waals surface area contributed by atoms with Crippen molar-refractivity contribution in [1.29, 1.82) is 0 Å². The molecule has 5 atom stereocenters. The predicted octanol–water partition coefficient (Wildman–Crippen LogP) is 5.82. The Morgan fingerprint density at radius 1 is 1.13 bits per heavy atom. The van der Waals surface area contributed by atoms with E-state index >= 15 is 0 Å². The van der Waals surface area contributed by atoms with E-state index in [9.17, 15) is 4.79 Å². The average molecular weight is 445 g/mol. The van der Waals surface area contributed by atoms with Gasteiger partial charge in [-0.25, -0.2) is 0 Å². The van der Waals surface area contributed by atoms with Crippen LogP contribution in [0.4, 0.5) is 0 Å². The molecule has 172 valence electrons. The lowest BCUT2D eigenvalue weighted by molar-refractivity contribution is -0.182. The van der Waals surface area contributed by atoms with Gasteiger partial charge in [-0.05, 0) is 48.4 Å². The topological polar surface area (TPSA) is 44.8 Å². The Hall–Kier alpha value is -1.17. The van der Waals surface area contributed by atoms with Gasteiger partial charge in [0.1, 0.15) is 6.10 Å². The van der Waals surface area contributed by atoms with E-state index in [1.807, 2.05) is 18.2 Å². The summed E-state index contributed by atoms with van der Waals surface area (Å²) in [7, 11) is -1.81. The third-order valence-corrected chi connectivity index (χ3v) is 13.4. The highest BCUT2D eigenvalue weighted by molar-refractivity contribution is 6.74. The van der Waals surface area contributed by atoms with Crippen LogP contribution in [0.3, 0.4) is 0 Å². The molecule has 31 heavy (non-hydrogen) atoms. The normalized spacial score (nSPS) is 33.3. The van der Waals surface area contributed by atoms with Gasteiger partial charge in [-0.15, -0.1) is 0 Å². The van der Waals surface area contributed by atoms with E-state index in [-0.39, 0.29) is 27.9 Å². The first-order valence-electron chi connectivity index (χ1n) is 11.9. The van der Waals surface area contributed by atoms with Crippen LogP contribution in [0.25, 0.3) is 0 Å². The van der Waals surface area contributed by atoms with Crippen LogP contribution in [0.5, 0.6) is 0 Å². The summed E-state index contributed by atoms with van der Waals surface area (Å²) in [6.07, 6.45) is 1.81. The van der Waals surface area contributed by atoms with Gasteiger partial charge in [-0.3, -0.25) is 4.79 Å². The molecule has 5 heteroatoms. The summed E-state index contributed by atoms with van der Waals surface area (Å²) in [4.78, 5) is 13.0. The summed E-state index contributed by atoms with van der Waals surface area (Å²) in [5, 5.41) is 0.199. The van der Waals surface area contributed by atoms with E-state index in [0.717, 1.165) is 19.4 Å². The van der Waals surface area contributed by atoms with Crippen molar-refractivity contribution >= 4 is 14.3 Å². The van der Waals surface area contributed by atoms with Crippen molar-refractivity contribution in [2.45, 2.75) is 78.3 Å². The standard InChI is InChI=1S/C26H40O4Si/c1-24(2,3)31(6,7)29-17-19-20-22-25(4,5)21(19)26(20,23(27)30-22)14-11-15-28-16-18-12-9-8-10-13-18/h8-10,12-13,19-22H,11,14-17H2,1-7H3/t19?,20-,21+,22-,26?/m0/s1. The van der Waals surface area contributed by atoms with Crippen LogP contribution in [-0.4, -0.2) is 33.6 Å². The maximum absolute atomic E-state index is 13.0. The minimum absolute atomic E-state index is 0.0327. The lowest BCUT2D eigenvalue weighted by Gasteiger charge is -2.54. The van der Waals surface area contributed by atoms with Crippen LogP contribution >= 0.6 is 0 Å². The van der Waals surface area contributed by atoms with Crippen molar-refractivity contribution in [2.75, 3.05) is 13.2 Å². The van der Waals surface area contributed by atoms with Crippen molar-refractivity contribution < 1.29 is 18.7 Å².